The maximum Gasteiger partial charge on any atom is 0.313 e. The number of carboxylic acid groups (broad SMARTS) is 1. The summed E-state index contributed by atoms with van der Waals surface area (Å²) < 4.78 is 0. The molecule has 0 aliphatic carbocycles. The Bertz CT molecular complexity index is 543. The van der Waals surface area contributed by atoms with Gasteiger partial charge in [0.15, 0.2) is 0 Å². The summed E-state index contributed by atoms with van der Waals surface area (Å²) in [4.78, 5) is 14.1. The van der Waals surface area contributed by atoms with Crippen molar-refractivity contribution in [3.05, 3.63) is 35.4 Å². The Morgan fingerprint density at radius 2 is 2.17 bits per heavy atom. The van der Waals surface area contributed by atoms with Crippen LogP contribution < -0.4 is 0 Å². The van der Waals surface area contributed by atoms with E-state index < -0.39 is 17.5 Å². The highest BCUT2D eigenvalue weighted by molar-refractivity contribution is 5.76. The summed E-state index contributed by atoms with van der Waals surface area (Å²) in [5, 5.41) is 20.2. The molecule has 1 saturated heterocycles. The second-order valence-corrected chi connectivity index (χ2v) is 7.40. The van der Waals surface area contributed by atoms with E-state index in [1.807, 2.05) is 6.07 Å². The number of carbonyl (C=O) groups is 1. The molecule has 1 heterocycles. The minimum atomic E-state index is -1.04. The summed E-state index contributed by atoms with van der Waals surface area (Å²) in [5.41, 5.74) is 1.38. The molecule has 0 aromatic heterocycles. The second kappa shape index (κ2) is 7.45. The maximum absolute atomic E-state index is 12.0. The fraction of sp³-hybridized carbons (Fsp3) is 0.632. The lowest BCUT2D eigenvalue weighted by atomic mass is 9.72. The van der Waals surface area contributed by atoms with Crippen LogP contribution in [-0.4, -0.2) is 40.3 Å². The molecule has 2 atom stereocenters. The van der Waals surface area contributed by atoms with Gasteiger partial charge in [-0.15, -0.1) is 0 Å². The predicted octanol–water partition coefficient (Wildman–Crippen LogP) is 3.07. The summed E-state index contributed by atoms with van der Waals surface area (Å²) in [5.74, 6) is -0.426. The number of benzene rings is 1. The predicted molar refractivity (Wildman–Crippen MR) is 91.2 cm³/mol. The molecule has 2 N–H and O–H groups in total. The number of rotatable bonds is 6. The summed E-state index contributed by atoms with van der Waals surface area (Å²) in [6, 6.07) is 8.32. The smallest absolute Gasteiger partial charge is 0.313 e. The van der Waals surface area contributed by atoms with Crippen molar-refractivity contribution < 1.29 is 15.0 Å². The Morgan fingerprint density at radius 1 is 1.43 bits per heavy atom. The van der Waals surface area contributed by atoms with Gasteiger partial charge in [-0.3, -0.25) is 9.69 Å². The van der Waals surface area contributed by atoms with Crippen molar-refractivity contribution in [2.45, 2.75) is 52.7 Å². The molecule has 0 radical (unpaired) electrons. The zero-order chi connectivity index (χ0) is 17.0. The Hall–Kier alpha value is -1.39. The first kappa shape index (κ1) is 18.0. The van der Waals surface area contributed by atoms with Crippen molar-refractivity contribution in [3.8, 4) is 0 Å². The van der Waals surface area contributed by atoms with E-state index in [4.69, 9.17) is 0 Å². The van der Waals surface area contributed by atoms with Crippen LogP contribution in [0.5, 0.6) is 0 Å². The number of nitrogens with zero attached hydrogens (tertiary/aromatic N) is 1. The van der Waals surface area contributed by atoms with Gasteiger partial charge < -0.3 is 10.2 Å². The van der Waals surface area contributed by atoms with Crippen LogP contribution in [0, 0.1) is 18.3 Å². The molecule has 1 aliphatic rings. The van der Waals surface area contributed by atoms with E-state index in [0.717, 1.165) is 19.5 Å². The molecule has 1 aromatic carbocycles. The first-order valence-electron chi connectivity index (χ1n) is 8.53. The van der Waals surface area contributed by atoms with E-state index >= 15 is 0 Å². The van der Waals surface area contributed by atoms with Crippen molar-refractivity contribution in [3.63, 3.8) is 0 Å². The highest BCUT2D eigenvalue weighted by Crippen LogP contribution is 2.37. The second-order valence-electron chi connectivity index (χ2n) is 7.40. The fourth-order valence-electron chi connectivity index (χ4n) is 3.48. The van der Waals surface area contributed by atoms with Crippen LogP contribution in [0.25, 0.3) is 0 Å². The normalized spacial score (nSPS) is 25.7. The van der Waals surface area contributed by atoms with Gasteiger partial charge in [-0.05, 0) is 37.7 Å². The molecule has 1 aliphatic heterocycles. The van der Waals surface area contributed by atoms with Crippen LogP contribution in [0.1, 0.15) is 44.2 Å². The molecular weight excluding hydrogens is 290 g/mol. The van der Waals surface area contributed by atoms with Gasteiger partial charge in [0.25, 0.3) is 0 Å². The number of aliphatic hydroxyl groups excluding tert-OH is 1. The van der Waals surface area contributed by atoms with E-state index in [-0.39, 0.29) is 0 Å². The van der Waals surface area contributed by atoms with E-state index in [1.54, 1.807) is 0 Å². The van der Waals surface area contributed by atoms with E-state index in [1.165, 1.54) is 11.1 Å². The van der Waals surface area contributed by atoms with Crippen LogP contribution >= 0.6 is 0 Å². The van der Waals surface area contributed by atoms with Gasteiger partial charge in [-0.25, -0.2) is 0 Å². The van der Waals surface area contributed by atoms with Gasteiger partial charge in [0.05, 0.1) is 6.10 Å². The molecule has 0 bridgehead atoms. The molecule has 0 saturated carbocycles. The van der Waals surface area contributed by atoms with Crippen molar-refractivity contribution >= 4 is 5.97 Å². The van der Waals surface area contributed by atoms with Gasteiger partial charge in [0, 0.05) is 19.6 Å². The average Bonchev–Trinajstić information content (AvgIpc) is 2.47. The highest BCUT2D eigenvalue weighted by Gasteiger charge is 2.48. The van der Waals surface area contributed by atoms with Crippen LogP contribution in [-0.2, 0) is 11.3 Å². The zero-order valence-corrected chi connectivity index (χ0v) is 14.5. The molecule has 2 rings (SSSR count). The van der Waals surface area contributed by atoms with Gasteiger partial charge in [-0.1, -0.05) is 43.7 Å². The Kier molecular flexibility index (Phi) is 5.82. The number of aliphatic hydroxyl groups is 1. The number of aryl methyl sites for hydroxylation is 1. The van der Waals surface area contributed by atoms with Crippen LogP contribution in [0.15, 0.2) is 24.3 Å². The standard InChI is InChI=1S/C19H29NO3/c1-14(2)7-9-19(18(22)23)13-20(10-8-17(19)21)12-16-6-4-5-15(3)11-16/h4-6,11,14,17,21H,7-10,12-13H2,1-3H3,(H,22,23)/t17-,19-/m1/s1. The van der Waals surface area contributed by atoms with Crippen LogP contribution in [0.4, 0.5) is 0 Å². The van der Waals surface area contributed by atoms with Crippen LogP contribution in [0.2, 0.25) is 0 Å². The SMILES string of the molecule is Cc1cccc(CN2CC[C@@H](O)[C@](CCC(C)C)(C(=O)O)C2)c1. The minimum absolute atomic E-state index is 0.421. The maximum atomic E-state index is 12.0. The number of hydrogen-bond donors (Lipinski definition) is 2. The molecule has 4 heteroatoms. The quantitative estimate of drug-likeness (QED) is 0.846. The number of hydrogen-bond acceptors (Lipinski definition) is 3. The highest BCUT2D eigenvalue weighted by atomic mass is 16.4. The van der Waals surface area contributed by atoms with E-state index in [2.05, 4.69) is 43.9 Å². The third-order valence-electron chi connectivity index (χ3n) is 4.94. The van der Waals surface area contributed by atoms with Crippen LogP contribution in [0.3, 0.4) is 0 Å². The lowest BCUT2D eigenvalue weighted by molar-refractivity contribution is -0.165. The van der Waals surface area contributed by atoms with E-state index in [0.29, 0.717) is 25.3 Å². The van der Waals surface area contributed by atoms with Gasteiger partial charge in [0.2, 0.25) is 0 Å². The van der Waals surface area contributed by atoms with E-state index in [9.17, 15) is 15.0 Å². The first-order chi connectivity index (χ1) is 10.8. The van der Waals surface area contributed by atoms with Crippen molar-refractivity contribution in [2.75, 3.05) is 13.1 Å². The third kappa shape index (κ3) is 4.33. The number of likely N-dealkylation sites (tertiary alicyclic amines) is 1. The summed E-state index contributed by atoms with van der Waals surface area (Å²) in [6.07, 6.45) is 1.12. The molecule has 1 aromatic rings. The topological polar surface area (TPSA) is 60.8 Å². The Labute approximate surface area is 139 Å². The summed E-state index contributed by atoms with van der Waals surface area (Å²) >= 11 is 0. The van der Waals surface area contributed by atoms with Crippen molar-refractivity contribution in [1.29, 1.82) is 0 Å². The minimum Gasteiger partial charge on any atom is -0.481 e. The Morgan fingerprint density at radius 3 is 2.78 bits per heavy atom. The summed E-state index contributed by atoms with van der Waals surface area (Å²) in [7, 11) is 0. The molecular formula is C19H29NO3. The lowest BCUT2D eigenvalue weighted by Crippen LogP contribution is -2.55. The van der Waals surface area contributed by atoms with Crippen molar-refractivity contribution in [1.82, 2.24) is 4.90 Å². The summed E-state index contributed by atoms with van der Waals surface area (Å²) in [6.45, 7) is 8.15. The van der Waals surface area contributed by atoms with Gasteiger partial charge in [0.1, 0.15) is 5.41 Å². The Balaban J connectivity index is 2.13. The van der Waals surface area contributed by atoms with Crippen molar-refractivity contribution in [2.24, 2.45) is 11.3 Å². The number of piperidine rings is 1. The lowest BCUT2D eigenvalue weighted by Gasteiger charge is -2.43. The molecule has 128 valence electrons. The first-order valence-corrected chi connectivity index (χ1v) is 8.53. The molecule has 0 spiro atoms. The average molecular weight is 319 g/mol. The monoisotopic (exact) mass is 319 g/mol. The number of carboxylic acids is 1. The van der Waals surface area contributed by atoms with Gasteiger partial charge in [-0.2, -0.15) is 0 Å². The number of aliphatic carboxylic acids is 1. The molecule has 1 fully saturated rings. The largest absolute Gasteiger partial charge is 0.481 e. The molecule has 23 heavy (non-hydrogen) atoms. The zero-order valence-electron chi connectivity index (χ0n) is 14.5. The molecule has 4 nitrogen and oxygen atoms in total. The molecule has 0 unspecified atom stereocenters. The van der Waals surface area contributed by atoms with Gasteiger partial charge >= 0.3 is 5.97 Å². The fourth-order valence-corrected chi connectivity index (χ4v) is 3.48. The third-order valence-corrected chi connectivity index (χ3v) is 4.94. The molecule has 0 amide bonds.